The van der Waals surface area contributed by atoms with Gasteiger partial charge in [-0.1, -0.05) is 0 Å². The lowest BCUT2D eigenvalue weighted by atomic mass is 10.1. The number of aliphatic hydroxyl groups excluding tert-OH is 3. The Morgan fingerprint density at radius 2 is 2.00 bits per heavy atom. The average molecular weight is 326 g/mol. The number of anilines is 1. The fraction of sp³-hybridized carbons (Fsp3) is 0.583. The van der Waals surface area contributed by atoms with Crippen molar-refractivity contribution in [3.63, 3.8) is 0 Å². The summed E-state index contributed by atoms with van der Waals surface area (Å²) < 4.78 is 8.32. The molecule has 0 amide bonds. The Morgan fingerprint density at radius 1 is 1.30 bits per heavy atom. The first kappa shape index (κ1) is 15.8. The second kappa shape index (κ2) is 5.54. The van der Waals surface area contributed by atoms with E-state index in [1.165, 1.54) is 9.13 Å². The van der Waals surface area contributed by atoms with Gasteiger partial charge in [0.1, 0.15) is 24.1 Å². The molecule has 11 heteroatoms. The molecule has 3 heterocycles. The summed E-state index contributed by atoms with van der Waals surface area (Å²) in [6, 6.07) is 0. The largest absolute Gasteiger partial charge is 0.394 e. The van der Waals surface area contributed by atoms with Gasteiger partial charge in [0.15, 0.2) is 17.4 Å². The van der Waals surface area contributed by atoms with Crippen molar-refractivity contribution in [3.05, 3.63) is 16.2 Å². The highest BCUT2D eigenvalue weighted by molar-refractivity contribution is 5.72. The predicted molar refractivity (Wildman–Crippen MR) is 78.1 cm³/mol. The minimum absolute atomic E-state index is 0.0277. The number of nitrogens with two attached hydrogens (primary N) is 2. The third-order valence-electron chi connectivity index (χ3n) is 3.99. The smallest absolute Gasteiger partial charge is 0.302 e. The summed E-state index contributed by atoms with van der Waals surface area (Å²) in [5.41, 5.74) is 11.0. The quantitative estimate of drug-likeness (QED) is 0.388. The summed E-state index contributed by atoms with van der Waals surface area (Å²) in [5.74, 6) is 0.217. The zero-order valence-corrected chi connectivity index (χ0v) is 12.3. The van der Waals surface area contributed by atoms with Crippen LogP contribution in [-0.4, -0.2) is 59.3 Å². The molecule has 23 heavy (non-hydrogen) atoms. The van der Waals surface area contributed by atoms with Crippen LogP contribution in [0.3, 0.4) is 0 Å². The summed E-state index contributed by atoms with van der Waals surface area (Å²) in [5, 5.41) is 29.4. The van der Waals surface area contributed by atoms with Crippen molar-refractivity contribution >= 4 is 17.1 Å². The van der Waals surface area contributed by atoms with Gasteiger partial charge in [0.25, 0.3) is 0 Å². The van der Waals surface area contributed by atoms with Crippen molar-refractivity contribution in [1.29, 1.82) is 0 Å². The van der Waals surface area contributed by atoms with Crippen molar-refractivity contribution in [2.24, 2.45) is 12.8 Å². The number of rotatable bonds is 3. The van der Waals surface area contributed by atoms with E-state index in [0.717, 1.165) is 0 Å². The number of nitrogen functional groups attached to an aromatic ring is 1. The van der Waals surface area contributed by atoms with E-state index in [4.69, 9.17) is 16.2 Å². The van der Waals surface area contributed by atoms with Gasteiger partial charge in [-0.15, -0.1) is 0 Å². The van der Waals surface area contributed by atoms with Crippen LogP contribution >= 0.6 is 0 Å². The SMILES string of the molecule is Cn1c(N)nc(=O)c2nc(CN)n(C3OC(CO)C(O)C3O)c21. The molecule has 1 aliphatic heterocycles. The van der Waals surface area contributed by atoms with Crippen LogP contribution in [0.15, 0.2) is 4.79 Å². The maximum atomic E-state index is 12.0. The minimum atomic E-state index is -1.33. The van der Waals surface area contributed by atoms with Gasteiger partial charge >= 0.3 is 5.56 Å². The third-order valence-corrected chi connectivity index (χ3v) is 3.99. The Labute approximate surface area is 129 Å². The predicted octanol–water partition coefficient (Wildman–Crippen LogP) is -3.22. The van der Waals surface area contributed by atoms with E-state index in [1.54, 1.807) is 7.05 Å². The number of aryl methyl sites for hydroxylation is 1. The molecule has 0 bridgehead atoms. The Hall–Kier alpha value is -2.05. The summed E-state index contributed by atoms with van der Waals surface area (Å²) in [4.78, 5) is 19.8. The number of ether oxygens (including phenoxy) is 1. The molecule has 1 fully saturated rings. The Balaban J connectivity index is 2.27. The molecular formula is C12H18N6O5. The van der Waals surface area contributed by atoms with Gasteiger partial charge in [0, 0.05) is 7.05 Å². The Bertz CT molecular complexity index is 801. The Kier molecular flexibility index (Phi) is 3.82. The molecule has 1 aliphatic rings. The second-order valence-electron chi connectivity index (χ2n) is 5.34. The first-order valence-electron chi connectivity index (χ1n) is 6.96. The summed E-state index contributed by atoms with van der Waals surface area (Å²) in [6.07, 6.45) is -4.66. The number of hydrogen-bond acceptors (Lipinski definition) is 9. The molecule has 0 aliphatic carbocycles. The lowest BCUT2D eigenvalue weighted by Crippen LogP contribution is -2.33. The van der Waals surface area contributed by atoms with Crippen LogP contribution in [0, 0.1) is 0 Å². The first-order chi connectivity index (χ1) is 10.9. The number of imidazole rings is 1. The standard InChI is InChI=1S/C12H18N6O5/c1-17-10-6(9(22)16-12(17)14)15-5(2-13)18(10)11-8(21)7(20)4(3-19)23-11/h4,7-8,11,19-21H,2-3,13H2,1H3,(H2,14,16,22). The topological polar surface area (TPSA) is 175 Å². The molecule has 0 spiro atoms. The van der Waals surface area contributed by atoms with Crippen LogP contribution in [0.1, 0.15) is 12.1 Å². The molecule has 2 aromatic heterocycles. The van der Waals surface area contributed by atoms with Crippen LogP contribution in [0.2, 0.25) is 0 Å². The van der Waals surface area contributed by atoms with Crippen LogP contribution in [0.4, 0.5) is 5.95 Å². The number of fused-ring (bicyclic) bond motifs is 1. The molecule has 4 unspecified atom stereocenters. The van der Waals surface area contributed by atoms with E-state index in [-0.39, 0.29) is 29.5 Å². The van der Waals surface area contributed by atoms with E-state index in [1.807, 2.05) is 0 Å². The molecule has 2 aromatic rings. The van der Waals surface area contributed by atoms with Gasteiger partial charge in [-0.3, -0.25) is 13.9 Å². The summed E-state index contributed by atoms with van der Waals surface area (Å²) >= 11 is 0. The van der Waals surface area contributed by atoms with Crippen molar-refractivity contribution < 1.29 is 20.1 Å². The third kappa shape index (κ3) is 2.21. The van der Waals surface area contributed by atoms with E-state index in [2.05, 4.69) is 9.97 Å². The molecule has 11 nitrogen and oxygen atoms in total. The van der Waals surface area contributed by atoms with Gasteiger partial charge in [-0.25, -0.2) is 4.98 Å². The molecule has 4 atom stereocenters. The van der Waals surface area contributed by atoms with Crippen LogP contribution in [0.25, 0.3) is 11.2 Å². The molecule has 0 saturated carbocycles. The molecular weight excluding hydrogens is 308 g/mol. The van der Waals surface area contributed by atoms with Crippen molar-refractivity contribution in [2.45, 2.75) is 31.1 Å². The normalized spacial score (nSPS) is 27.9. The van der Waals surface area contributed by atoms with Gasteiger partial charge in [-0.2, -0.15) is 4.98 Å². The van der Waals surface area contributed by atoms with Gasteiger partial charge in [0.2, 0.25) is 5.95 Å². The van der Waals surface area contributed by atoms with Crippen LogP contribution < -0.4 is 17.0 Å². The maximum absolute atomic E-state index is 12.0. The highest BCUT2D eigenvalue weighted by atomic mass is 16.6. The zero-order chi connectivity index (χ0) is 16.9. The average Bonchev–Trinajstić information content (AvgIpc) is 3.04. The lowest BCUT2D eigenvalue weighted by Gasteiger charge is -2.20. The number of hydrogen-bond donors (Lipinski definition) is 5. The highest BCUT2D eigenvalue weighted by Gasteiger charge is 2.45. The fourth-order valence-electron chi connectivity index (χ4n) is 2.78. The van der Waals surface area contributed by atoms with Gasteiger partial charge in [0.05, 0.1) is 13.2 Å². The van der Waals surface area contributed by atoms with E-state index in [0.29, 0.717) is 0 Å². The Morgan fingerprint density at radius 3 is 2.57 bits per heavy atom. The number of aromatic nitrogens is 4. The first-order valence-corrected chi connectivity index (χ1v) is 6.96. The zero-order valence-electron chi connectivity index (χ0n) is 12.3. The minimum Gasteiger partial charge on any atom is -0.394 e. The molecule has 7 N–H and O–H groups in total. The summed E-state index contributed by atoms with van der Waals surface area (Å²) in [7, 11) is 1.57. The van der Waals surface area contributed by atoms with Crippen molar-refractivity contribution in [2.75, 3.05) is 12.3 Å². The molecule has 126 valence electrons. The molecule has 1 saturated heterocycles. The monoisotopic (exact) mass is 326 g/mol. The molecule has 0 aromatic carbocycles. The van der Waals surface area contributed by atoms with Crippen LogP contribution in [-0.2, 0) is 18.3 Å². The fourth-order valence-corrected chi connectivity index (χ4v) is 2.78. The van der Waals surface area contributed by atoms with E-state index >= 15 is 0 Å². The number of nitrogens with zero attached hydrogens (tertiary/aromatic N) is 4. The highest BCUT2D eigenvalue weighted by Crippen LogP contribution is 2.32. The number of aliphatic hydroxyl groups is 3. The maximum Gasteiger partial charge on any atom is 0.302 e. The van der Waals surface area contributed by atoms with Crippen molar-refractivity contribution in [1.82, 2.24) is 19.1 Å². The van der Waals surface area contributed by atoms with E-state index in [9.17, 15) is 20.1 Å². The summed E-state index contributed by atoms with van der Waals surface area (Å²) in [6.45, 7) is -0.511. The van der Waals surface area contributed by atoms with Gasteiger partial charge in [-0.05, 0) is 0 Å². The van der Waals surface area contributed by atoms with E-state index < -0.39 is 36.7 Å². The molecule has 3 rings (SSSR count). The lowest BCUT2D eigenvalue weighted by molar-refractivity contribution is -0.0524. The van der Waals surface area contributed by atoms with Crippen LogP contribution in [0.5, 0.6) is 0 Å². The molecule has 0 radical (unpaired) electrons. The van der Waals surface area contributed by atoms with Gasteiger partial charge < -0.3 is 31.5 Å². The van der Waals surface area contributed by atoms with Crippen molar-refractivity contribution in [3.8, 4) is 0 Å². The second-order valence-corrected chi connectivity index (χ2v) is 5.34.